The number of hydrogen-bond acceptors (Lipinski definition) is 3. The number of nitrogens with zero attached hydrogens (tertiary/aromatic N) is 1. The first-order valence-electron chi connectivity index (χ1n) is 8.86. The summed E-state index contributed by atoms with van der Waals surface area (Å²) in [6.07, 6.45) is 2.06. The minimum atomic E-state index is -3.54. The molecule has 1 aromatic carbocycles. The van der Waals surface area contributed by atoms with E-state index in [0.29, 0.717) is 16.7 Å². The molecule has 0 aromatic heterocycles. The molecule has 0 N–H and O–H groups in total. The Hall–Kier alpha value is -0.845. The molecule has 2 bridgehead atoms. The molecule has 4 atom stereocenters. The molecule has 4 nitrogen and oxygen atoms in total. The van der Waals surface area contributed by atoms with Crippen molar-refractivity contribution in [1.82, 2.24) is 4.22 Å². The van der Waals surface area contributed by atoms with Crippen LogP contribution >= 0.6 is 0 Å². The van der Waals surface area contributed by atoms with Crippen molar-refractivity contribution in [3.8, 4) is 0 Å². The van der Waals surface area contributed by atoms with Gasteiger partial charge in [-0.3, -0.25) is 0 Å². The van der Waals surface area contributed by atoms with Crippen molar-refractivity contribution in [2.75, 3.05) is 0 Å². The van der Waals surface area contributed by atoms with E-state index in [1.54, 1.807) is 16.3 Å². The van der Waals surface area contributed by atoms with E-state index < -0.39 is 17.1 Å². The van der Waals surface area contributed by atoms with Gasteiger partial charge in [-0.05, 0) is 62.9 Å². The summed E-state index contributed by atoms with van der Waals surface area (Å²) in [4.78, 5) is 0.367. The summed E-state index contributed by atoms with van der Waals surface area (Å²) in [5.41, 5.74) is 0.925. The molecule has 3 aliphatic carbocycles. The van der Waals surface area contributed by atoms with Crippen LogP contribution in [0.15, 0.2) is 29.2 Å². The average Bonchev–Trinajstić information content (AvgIpc) is 2.77. The van der Waals surface area contributed by atoms with Crippen molar-refractivity contribution in [3.63, 3.8) is 0 Å². The van der Waals surface area contributed by atoms with E-state index in [2.05, 4.69) is 20.8 Å². The van der Waals surface area contributed by atoms with Gasteiger partial charge in [0.2, 0.25) is 10.0 Å². The van der Waals surface area contributed by atoms with Gasteiger partial charge in [-0.25, -0.2) is 12.6 Å². The maximum absolute atomic E-state index is 13.3. The van der Waals surface area contributed by atoms with Crippen LogP contribution in [0.2, 0.25) is 6.82 Å². The fraction of sp³-hybridized carbons (Fsp3) is 0.667. The van der Waals surface area contributed by atoms with Gasteiger partial charge < -0.3 is 4.65 Å². The minimum Gasteiger partial charge on any atom is -0.414 e. The van der Waals surface area contributed by atoms with Crippen LogP contribution in [0.4, 0.5) is 0 Å². The Morgan fingerprint density at radius 2 is 1.79 bits per heavy atom. The Balaban J connectivity index is 1.74. The van der Waals surface area contributed by atoms with Gasteiger partial charge in [0.05, 0.1) is 10.5 Å². The maximum Gasteiger partial charge on any atom is 0.394 e. The van der Waals surface area contributed by atoms with Gasteiger partial charge in [0, 0.05) is 6.04 Å². The number of rotatable bonds is 2. The Bertz CT molecular complexity index is 776. The monoisotopic (exact) mass is 347 g/mol. The Labute approximate surface area is 145 Å². The molecule has 1 aromatic rings. The van der Waals surface area contributed by atoms with Crippen LogP contribution in [0, 0.1) is 24.2 Å². The quantitative estimate of drug-likeness (QED) is 0.771. The topological polar surface area (TPSA) is 46.6 Å². The Morgan fingerprint density at radius 3 is 2.38 bits per heavy atom. The first kappa shape index (κ1) is 16.6. The first-order valence-corrected chi connectivity index (χ1v) is 10.3. The predicted octanol–water partition coefficient (Wildman–Crippen LogP) is 3.33. The molecule has 3 saturated carbocycles. The van der Waals surface area contributed by atoms with Crippen molar-refractivity contribution >= 4 is 17.1 Å². The average molecular weight is 347 g/mol. The maximum atomic E-state index is 13.3. The summed E-state index contributed by atoms with van der Waals surface area (Å²) in [6.45, 7) is 10.6. The molecule has 1 aliphatic heterocycles. The summed E-state index contributed by atoms with van der Waals surface area (Å²) in [6, 6.07) is 7.07. The predicted molar refractivity (Wildman–Crippen MR) is 95.1 cm³/mol. The van der Waals surface area contributed by atoms with Crippen molar-refractivity contribution in [1.29, 1.82) is 0 Å². The van der Waals surface area contributed by atoms with Crippen LogP contribution in [-0.4, -0.2) is 31.3 Å². The van der Waals surface area contributed by atoms with Crippen molar-refractivity contribution in [2.24, 2.45) is 17.3 Å². The molecule has 130 valence electrons. The molecule has 0 unspecified atom stereocenters. The second kappa shape index (κ2) is 4.86. The van der Waals surface area contributed by atoms with E-state index in [0.717, 1.165) is 18.4 Å². The van der Waals surface area contributed by atoms with Crippen LogP contribution in [-0.2, 0) is 14.7 Å². The van der Waals surface area contributed by atoms with Gasteiger partial charge in [-0.15, -0.1) is 0 Å². The second-order valence-corrected chi connectivity index (χ2v) is 10.5. The lowest BCUT2D eigenvalue weighted by molar-refractivity contribution is -0.186. The molecule has 0 radical (unpaired) electrons. The van der Waals surface area contributed by atoms with Crippen LogP contribution in [0.1, 0.15) is 39.2 Å². The van der Waals surface area contributed by atoms with Crippen molar-refractivity contribution < 1.29 is 13.1 Å². The van der Waals surface area contributed by atoms with E-state index in [-0.39, 0.29) is 17.1 Å². The third-order valence-electron chi connectivity index (χ3n) is 7.02. The lowest BCUT2D eigenvalue weighted by atomic mass is 9.43. The number of benzene rings is 1. The van der Waals surface area contributed by atoms with Gasteiger partial charge in [0.15, 0.2) is 0 Å². The lowest BCUT2D eigenvalue weighted by Crippen LogP contribution is -2.67. The molecule has 1 saturated heterocycles. The molecule has 24 heavy (non-hydrogen) atoms. The molecule has 4 aliphatic rings. The zero-order valence-corrected chi connectivity index (χ0v) is 15.9. The molecule has 5 rings (SSSR count). The third-order valence-corrected chi connectivity index (χ3v) is 8.99. The Morgan fingerprint density at radius 1 is 1.17 bits per heavy atom. The largest absolute Gasteiger partial charge is 0.414 e. The molecular formula is C18H26BNO3S. The van der Waals surface area contributed by atoms with Crippen LogP contribution in [0.5, 0.6) is 0 Å². The van der Waals surface area contributed by atoms with E-state index in [1.165, 1.54) is 0 Å². The zero-order chi connectivity index (χ0) is 17.5. The van der Waals surface area contributed by atoms with Crippen LogP contribution in [0.25, 0.3) is 0 Å². The third kappa shape index (κ3) is 1.96. The lowest BCUT2D eigenvalue weighted by Gasteiger charge is -2.65. The second-order valence-electron chi connectivity index (χ2n) is 8.61. The van der Waals surface area contributed by atoms with Crippen LogP contribution < -0.4 is 0 Å². The highest BCUT2D eigenvalue weighted by Gasteiger charge is 2.70. The molecular weight excluding hydrogens is 321 g/mol. The van der Waals surface area contributed by atoms with E-state index in [9.17, 15) is 8.42 Å². The van der Waals surface area contributed by atoms with Gasteiger partial charge in [-0.1, -0.05) is 31.5 Å². The van der Waals surface area contributed by atoms with Crippen molar-refractivity contribution in [3.05, 3.63) is 29.8 Å². The summed E-state index contributed by atoms with van der Waals surface area (Å²) in [5.74, 6) is 1.01. The highest BCUT2D eigenvalue weighted by molar-refractivity contribution is 7.90. The molecule has 0 amide bonds. The van der Waals surface area contributed by atoms with Crippen molar-refractivity contribution in [2.45, 2.75) is 63.9 Å². The summed E-state index contributed by atoms with van der Waals surface area (Å²) < 4.78 is 34.5. The number of aryl methyl sites for hydroxylation is 1. The minimum absolute atomic E-state index is 0.0596. The summed E-state index contributed by atoms with van der Waals surface area (Å²) >= 11 is 0. The SMILES string of the molecule is CB1O[C@]2(C)[C@@H](C[C@@H]3C[C@H]2C3(C)C)N1S(=O)(=O)c1ccc(C)cc1. The fourth-order valence-corrected chi connectivity index (χ4v) is 7.30. The van der Waals surface area contributed by atoms with Crippen LogP contribution in [0.3, 0.4) is 0 Å². The van der Waals surface area contributed by atoms with Gasteiger partial charge in [0.25, 0.3) is 0 Å². The molecule has 4 fully saturated rings. The van der Waals surface area contributed by atoms with Gasteiger partial charge in [-0.2, -0.15) is 0 Å². The fourth-order valence-electron chi connectivity index (χ4n) is 5.51. The Kier molecular flexibility index (Phi) is 3.37. The zero-order valence-electron chi connectivity index (χ0n) is 15.1. The normalized spacial score (nSPS) is 37.9. The van der Waals surface area contributed by atoms with E-state index in [4.69, 9.17) is 4.65 Å². The number of hydrogen-bond donors (Lipinski definition) is 0. The first-order chi connectivity index (χ1) is 11.1. The van der Waals surface area contributed by atoms with Gasteiger partial charge >= 0.3 is 7.05 Å². The molecule has 0 spiro atoms. The summed E-state index contributed by atoms with van der Waals surface area (Å²) in [5, 5.41) is 0. The number of sulfonamides is 1. The molecule has 6 heteroatoms. The highest BCUT2D eigenvalue weighted by Crippen LogP contribution is 2.66. The van der Waals surface area contributed by atoms with E-state index >= 15 is 0 Å². The highest BCUT2D eigenvalue weighted by atomic mass is 32.2. The summed E-state index contributed by atoms with van der Waals surface area (Å²) in [7, 11) is -3.96. The standard InChI is InChI=1S/C18H26BNO3S/c1-12-6-8-14(9-7-12)24(21,22)20-16-11-13-10-15(17(13,2)3)18(16,4)23-19(20)5/h6-9,13,15-16H,10-11H2,1-5H3/t13-,15-,16+,18-/m0/s1. The van der Waals surface area contributed by atoms with E-state index in [1.807, 2.05) is 25.9 Å². The van der Waals surface area contributed by atoms with Gasteiger partial charge in [0.1, 0.15) is 0 Å². The smallest absolute Gasteiger partial charge is 0.394 e. The molecule has 1 heterocycles.